The number of phenolic OH excluding ortho intramolecular Hbond substituents is 1. The zero-order valence-electron chi connectivity index (χ0n) is 12.4. The van der Waals surface area contributed by atoms with Gasteiger partial charge >= 0.3 is 0 Å². The number of amides is 1. The smallest absolute Gasteiger partial charge is 0.262 e. The van der Waals surface area contributed by atoms with Gasteiger partial charge in [-0.15, -0.1) is 0 Å². The molecular weight excluding hydrogens is 316 g/mol. The molecule has 0 aromatic heterocycles. The van der Waals surface area contributed by atoms with Crippen LogP contribution in [-0.4, -0.2) is 19.4 Å². The van der Waals surface area contributed by atoms with Crippen LogP contribution in [-0.2, 0) is 14.8 Å². The van der Waals surface area contributed by atoms with E-state index in [1.807, 2.05) is 0 Å². The molecule has 0 bridgehead atoms. The molecule has 0 heterocycles. The minimum atomic E-state index is -3.80. The highest BCUT2D eigenvalue weighted by atomic mass is 32.2. The number of phenols is 1. The van der Waals surface area contributed by atoms with Gasteiger partial charge in [0.1, 0.15) is 5.75 Å². The zero-order valence-corrected chi connectivity index (χ0v) is 13.2. The molecule has 0 saturated carbocycles. The summed E-state index contributed by atoms with van der Waals surface area (Å²) in [6, 6.07) is 11.9. The van der Waals surface area contributed by atoms with Crippen LogP contribution in [0, 0.1) is 0 Å². The molecule has 0 unspecified atom stereocenters. The van der Waals surface area contributed by atoms with E-state index in [2.05, 4.69) is 16.6 Å². The van der Waals surface area contributed by atoms with E-state index in [1.54, 1.807) is 25.1 Å². The molecule has 0 aliphatic carbocycles. The maximum Gasteiger partial charge on any atom is 0.262 e. The van der Waals surface area contributed by atoms with Crippen molar-refractivity contribution < 1.29 is 18.3 Å². The molecule has 0 saturated heterocycles. The molecule has 6 nitrogen and oxygen atoms in total. The Balaban J connectivity index is 2.22. The van der Waals surface area contributed by atoms with Crippen LogP contribution in [0.4, 0.5) is 11.4 Å². The maximum absolute atomic E-state index is 12.2. The van der Waals surface area contributed by atoms with E-state index in [0.29, 0.717) is 11.3 Å². The minimum Gasteiger partial charge on any atom is -0.506 e. The van der Waals surface area contributed by atoms with Crippen molar-refractivity contribution in [2.45, 2.75) is 11.8 Å². The van der Waals surface area contributed by atoms with Crippen molar-refractivity contribution in [3.8, 4) is 5.75 Å². The van der Waals surface area contributed by atoms with Crippen LogP contribution >= 0.6 is 0 Å². The number of benzene rings is 2. The number of carbonyl (C=O) groups excluding carboxylic acids is 1. The van der Waals surface area contributed by atoms with Crippen molar-refractivity contribution >= 4 is 27.3 Å². The van der Waals surface area contributed by atoms with Crippen LogP contribution < -0.4 is 10.0 Å². The Morgan fingerprint density at radius 1 is 1.13 bits per heavy atom. The molecule has 0 aliphatic heterocycles. The van der Waals surface area contributed by atoms with E-state index in [9.17, 15) is 18.3 Å². The van der Waals surface area contributed by atoms with Crippen molar-refractivity contribution in [3.63, 3.8) is 0 Å². The Morgan fingerprint density at radius 2 is 1.78 bits per heavy atom. The van der Waals surface area contributed by atoms with Crippen molar-refractivity contribution in [3.05, 3.63) is 60.7 Å². The molecule has 2 rings (SSSR count). The van der Waals surface area contributed by atoms with Gasteiger partial charge < -0.3 is 10.4 Å². The highest BCUT2D eigenvalue weighted by molar-refractivity contribution is 7.92. The second-order valence-electron chi connectivity index (χ2n) is 4.88. The van der Waals surface area contributed by atoms with Crippen molar-refractivity contribution in [1.82, 2.24) is 0 Å². The highest BCUT2D eigenvalue weighted by Crippen LogP contribution is 2.29. The number of nitrogens with one attached hydrogen (secondary N) is 2. The average molecular weight is 332 g/mol. The third-order valence-corrected chi connectivity index (χ3v) is 4.32. The third-order valence-electron chi connectivity index (χ3n) is 2.94. The summed E-state index contributed by atoms with van der Waals surface area (Å²) in [5.41, 5.74) is 0.665. The van der Waals surface area contributed by atoms with E-state index in [-0.39, 0.29) is 22.2 Å². The van der Waals surface area contributed by atoms with Crippen molar-refractivity contribution in [1.29, 1.82) is 0 Å². The lowest BCUT2D eigenvalue weighted by Gasteiger charge is -2.11. The maximum atomic E-state index is 12.2. The first-order valence-corrected chi connectivity index (χ1v) is 8.15. The molecule has 0 atom stereocenters. The van der Waals surface area contributed by atoms with Gasteiger partial charge in [-0.1, -0.05) is 24.8 Å². The molecule has 0 radical (unpaired) electrons. The second-order valence-corrected chi connectivity index (χ2v) is 6.57. The SMILES string of the molecule is C=C(C)C(=O)Nc1ccc(NS(=O)(=O)c2ccccc2)c(O)c1. The number of carbonyl (C=O) groups is 1. The monoisotopic (exact) mass is 332 g/mol. The fourth-order valence-electron chi connectivity index (χ4n) is 1.74. The van der Waals surface area contributed by atoms with Crippen molar-refractivity contribution in [2.24, 2.45) is 0 Å². The number of hydrogen-bond acceptors (Lipinski definition) is 4. The molecule has 0 aliphatic rings. The highest BCUT2D eigenvalue weighted by Gasteiger charge is 2.16. The summed E-state index contributed by atoms with van der Waals surface area (Å²) < 4.78 is 26.7. The lowest BCUT2D eigenvalue weighted by atomic mass is 10.2. The second kappa shape index (κ2) is 6.53. The van der Waals surface area contributed by atoms with Gasteiger partial charge in [0.15, 0.2) is 0 Å². The van der Waals surface area contributed by atoms with Crippen LogP contribution in [0.3, 0.4) is 0 Å². The Kier molecular flexibility index (Phi) is 4.71. The Bertz CT molecular complexity index is 846. The summed E-state index contributed by atoms with van der Waals surface area (Å²) in [5, 5.41) is 12.5. The van der Waals surface area contributed by atoms with E-state index >= 15 is 0 Å². The number of sulfonamides is 1. The standard InChI is InChI=1S/C16H16N2O4S/c1-11(2)16(20)17-12-8-9-14(15(19)10-12)18-23(21,22)13-6-4-3-5-7-13/h3-10,18-19H,1H2,2H3,(H,17,20). The Hall–Kier alpha value is -2.80. The topological polar surface area (TPSA) is 95.5 Å². The van der Waals surface area contributed by atoms with E-state index in [0.717, 1.165) is 0 Å². The summed E-state index contributed by atoms with van der Waals surface area (Å²) in [6.45, 7) is 5.06. The molecule has 0 fully saturated rings. The summed E-state index contributed by atoms with van der Waals surface area (Å²) >= 11 is 0. The van der Waals surface area contributed by atoms with Crippen molar-refractivity contribution in [2.75, 3.05) is 10.0 Å². The summed E-state index contributed by atoms with van der Waals surface area (Å²) in [5.74, 6) is -0.689. The molecule has 1 amide bonds. The first-order valence-electron chi connectivity index (χ1n) is 6.67. The lowest BCUT2D eigenvalue weighted by molar-refractivity contribution is -0.112. The molecular formula is C16H16N2O4S. The lowest BCUT2D eigenvalue weighted by Crippen LogP contribution is -2.14. The van der Waals surface area contributed by atoms with Gasteiger partial charge in [-0.2, -0.15) is 0 Å². The van der Waals surface area contributed by atoms with Crippen LogP contribution in [0.15, 0.2) is 65.6 Å². The summed E-state index contributed by atoms with van der Waals surface area (Å²) in [6.07, 6.45) is 0. The third kappa shape index (κ3) is 4.10. The van der Waals surface area contributed by atoms with Gasteiger partial charge in [0.2, 0.25) is 0 Å². The first-order chi connectivity index (χ1) is 10.8. The minimum absolute atomic E-state index is 0.0159. The quantitative estimate of drug-likeness (QED) is 0.579. The van der Waals surface area contributed by atoms with E-state index in [4.69, 9.17) is 0 Å². The molecule has 2 aromatic rings. The van der Waals surface area contributed by atoms with Crippen LogP contribution in [0.5, 0.6) is 5.75 Å². The van der Waals surface area contributed by atoms with Gasteiger partial charge in [0.25, 0.3) is 15.9 Å². The largest absolute Gasteiger partial charge is 0.506 e. The molecule has 2 aromatic carbocycles. The number of rotatable bonds is 5. The predicted octanol–water partition coefficient (Wildman–Crippen LogP) is 2.71. The van der Waals surface area contributed by atoms with Gasteiger partial charge in [0.05, 0.1) is 10.6 Å². The van der Waals surface area contributed by atoms with Crippen LogP contribution in [0.1, 0.15) is 6.92 Å². The Labute approximate surface area is 134 Å². The van der Waals surface area contributed by atoms with Gasteiger partial charge in [-0.3, -0.25) is 9.52 Å². The molecule has 120 valence electrons. The Morgan fingerprint density at radius 3 is 2.35 bits per heavy atom. The molecule has 7 heteroatoms. The fraction of sp³-hybridized carbons (Fsp3) is 0.0625. The molecule has 3 N–H and O–H groups in total. The zero-order chi connectivity index (χ0) is 17.0. The van der Waals surface area contributed by atoms with Gasteiger partial charge in [-0.25, -0.2) is 8.42 Å². The summed E-state index contributed by atoms with van der Waals surface area (Å²) in [7, 11) is -3.80. The number of anilines is 2. The normalized spacial score (nSPS) is 10.8. The number of aromatic hydroxyl groups is 1. The van der Waals surface area contributed by atoms with E-state index in [1.165, 1.54) is 30.3 Å². The van der Waals surface area contributed by atoms with Gasteiger partial charge in [0, 0.05) is 17.3 Å². The summed E-state index contributed by atoms with van der Waals surface area (Å²) in [4.78, 5) is 11.6. The number of hydrogen-bond donors (Lipinski definition) is 3. The van der Waals surface area contributed by atoms with Crippen LogP contribution in [0.25, 0.3) is 0 Å². The first kappa shape index (κ1) is 16.6. The van der Waals surface area contributed by atoms with E-state index < -0.39 is 10.0 Å². The molecule has 0 spiro atoms. The predicted molar refractivity (Wildman–Crippen MR) is 88.8 cm³/mol. The fourth-order valence-corrected chi connectivity index (χ4v) is 2.83. The average Bonchev–Trinajstić information content (AvgIpc) is 2.50. The van der Waals surface area contributed by atoms with Crippen LogP contribution in [0.2, 0.25) is 0 Å². The van der Waals surface area contributed by atoms with Gasteiger partial charge in [-0.05, 0) is 31.2 Å². The molecule has 23 heavy (non-hydrogen) atoms.